The van der Waals surface area contributed by atoms with Crippen LogP contribution in [0.25, 0.3) is 0 Å². The second kappa shape index (κ2) is 9.54. The summed E-state index contributed by atoms with van der Waals surface area (Å²) in [5.41, 5.74) is -0.808. The summed E-state index contributed by atoms with van der Waals surface area (Å²) in [5, 5.41) is 8.70. The molecule has 2 aliphatic heterocycles. The molecule has 1 N–H and O–H groups in total. The Morgan fingerprint density at radius 1 is 1.28 bits per heavy atom. The van der Waals surface area contributed by atoms with Crippen LogP contribution >= 0.6 is 0 Å². The Morgan fingerprint density at radius 3 is 2.59 bits per heavy atom. The number of rotatable bonds is 8. The third kappa shape index (κ3) is 5.25. The predicted octanol–water partition coefficient (Wildman–Crippen LogP) is 2.21. The third-order valence-electron chi connectivity index (χ3n) is 5.05. The molecule has 0 unspecified atom stereocenters. The van der Waals surface area contributed by atoms with Gasteiger partial charge in [0, 0.05) is 0 Å². The Morgan fingerprint density at radius 2 is 1.97 bits per heavy atom. The van der Waals surface area contributed by atoms with Gasteiger partial charge in [-0.3, -0.25) is 9.59 Å². The van der Waals surface area contributed by atoms with Crippen LogP contribution in [-0.4, -0.2) is 65.4 Å². The molecule has 1 fully saturated rings. The average Bonchev–Trinajstić information content (AvgIpc) is 2.90. The zero-order valence-electron chi connectivity index (χ0n) is 17.7. The predicted molar refractivity (Wildman–Crippen MR) is 105 cm³/mol. The van der Waals surface area contributed by atoms with Gasteiger partial charge in [0.2, 0.25) is 5.91 Å². The van der Waals surface area contributed by atoms with E-state index in [1.54, 1.807) is 32.9 Å². The van der Waals surface area contributed by atoms with Gasteiger partial charge in [0.05, 0.1) is 31.8 Å². The van der Waals surface area contributed by atoms with E-state index in [4.69, 9.17) is 19.3 Å². The highest BCUT2D eigenvalue weighted by Gasteiger charge is 2.53. The largest absolute Gasteiger partial charge is 0.482 e. The number of carbonyl (C=O) groups excluding carboxylic acids is 3. The lowest BCUT2D eigenvalue weighted by Crippen LogP contribution is -2.52. The lowest BCUT2D eigenvalue weighted by molar-refractivity contribution is -0.143. The van der Waals surface area contributed by atoms with Crippen LogP contribution in [0, 0.1) is 11.8 Å². The summed E-state index contributed by atoms with van der Waals surface area (Å²) in [6.07, 6.45) is 3.51. The van der Waals surface area contributed by atoms with E-state index >= 15 is 0 Å². The molecule has 2 rings (SSSR count). The summed E-state index contributed by atoms with van der Waals surface area (Å²) in [4.78, 5) is 39.1. The van der Waals surface area contributed by atoms with Crippen LogP contribution in [0.4, 0.5) is 4.79 Å². The van der Waals surface area contributed by atoms with Crippen molar-refractivity contribution in [2.24, 2.45) is 11.8 Å². The first-order valence-electron chi connectivity index (χ1n) is 9.93. The monoisotopic (exact) mass is 409 g/mol. The van der Waals surface area contributed by atoms with Crippen molar-refractivity contribution in [3.05, 3.63) is 24.0 Å². The number of hydrogen-bond donors (Lipinski definition) is 1. The highest BCUT2D eigenvalue weighted by Crippen LogP contribution is 2.36. The van der Waals surface area contributed by atoms with Crippen molar-refractivity contribution in [3.8, 4) is 0 Å². The van der Waals surface area contributed by atoms with Crippen molar-refractivity contribution >= 4 is 17.8 Å². The van der Waals surface area contributed by atoms with Gasteiger partial charge in [0.1, 0.15) is 11.4 Å². The smallest absolute Gasteiger partial charge is 0.417 e. The lowest BCUT2D eigenvalue weighted by atomic mass is 9.87. The van der Waals surface area contributed by atoms with Gasteiger partial charge < -0.3 is 19.3 Å². The molecule has 2 heterocycles. The average molecular weight is 409 g/mol. The molecule has 0 aromatic heterocycles. The van der Waals surface area contributed by atoms with Crippen LogP contribution in [0.5, 0.6) is 0 Å². The molecular weight excluding hydrogens is 378 g/mol. The number of cyclic esters (lactones) is 1. The Labute approximate surface area is 171 Å². The summed E-state index contributed by atoms with van der Waals surface area (Å²) < 4.78 is 16.3. The van der Waals surface area contributed by atoms with Gasteiger partial charge in [-0.1, -0.05) is 13.8 Å². The zero-order chi connectivity index (χ0) is 21.8. The van der Waals surface area contributed by atoms with Gasteiger partial charge >= 0.3 is 6.09 Å². The Balaban J connectivity index is 2.11. The van der Waals surface area contributed by atoms with Crippen molar-refractivity contribution in [3.63, 3.8) is 0 Å². The van der Waals surface area contributed by atoms with Gasteiger partial charge in [-0.25, -0.2) is 9.69 Å². The molecule has 0 radical (unpaired) electrons. The van der Waals surface area contributed by atoms with Gasteiger partial charge in [0.15, 0.2) is 11.9 Å². The first-order valence-corrected chi connectivity index (χ1v) is 9.93. The molecule has 29 heavy (non-hydrogen) atoms. The molecular formula is C21H31NO7. The first kappa shape index (κ1) is 23.1. The number of imide groups is 1. The number of ketones is 1. The van der Waals surface area contributed by atoms with Crippen molar-refractivity contribution < 1.29 is 33.7 Å². The van der Waals surface area contributed by atoms with Gasteiger partial charge in [-0.2, -0.15) is 0 Å². The number of amides is 2. The summed E-state index contributed by atoms with van der Waals surface area (Å²) in [7, 11) is 0. The molecule has 0 aromatic carbocycles. The minimum Gasteiger partial charge on any atom is -0.482 e. The van der Waals surface area contributed by atoms with Gasteiger partial charge in [-0.05, 0) is 51.3 Å². The van der Waals surface area contributed by atoms with E-state index in [0.29, 0.717) is 18.8 Å². The van der Waals surface area contributed by atoms with E-state index in [0.717, 1.165) is 4.90 Å². The zero-order valence-corrected chi connectivity index (χ0v) is 17.7. The molecule has 3 atom stereocenters. The minimum absolute atomic E-state index is 0.00940. The van der Waals surface area contributed by atoms with E-state index in [1.807, 2.05) is 13.8 Å². The first-order chi connectivity index (χ1) is 13.6. The topological polar surface area (TPSA) is 102 Å². The van der Waals surface area contributed by atoms with Crippen molar-refractivity contribution in [1.29, 1.82) is 0 Å². The van der Waals surface area contributed by atoms with Crippen LogP contribution in [0.3, 0.4) is 0 Å². The summed E-state index contributed by atoms with van der Waals surface area (Å²) in [6, 6.07) is -0.433. The second-order valence-electron chi connectivity index (χ2n) is 8.16. The highest BCUT2D eigenvalue weighted by atomic mass is 16.6. The van der Waals surface area contributed by atoms with E-state index in [1.165, 1.54) is 6.08 Å². The Kier molecular flexibility index (Phi) is 7.60. The van der Waals surface area contributed by atoms with Crippen molar-refractivity contribution in [2.45, 2.75) is 58.8 Å². The van der Waals surface area contributed by atoms with E-state index in [9.17, 15) is 14.4 Å². The fourth-order valence-electron chi connectivity index (χ4n) is 3.85. The normalized spacial score (nSPS) is 26.0. The van der Waals surface area contributed by atoms with Crippen molar-refractivity contribution in [2.75, 3.05) is 19.8 Å². The van der Waals surface area contributed by atoms with E-state index in [-0.39, 0.29) is 24.9 Å². The molecule has 0 aliphatic carbocycles. The Bertz CT molecular complexity index is 695. The second-order valence-corrected chi connectivity index (χ2v) is 8.16. The number of aliphatic hydroxyl groups excluding tert-OH is 1. The number of allylic oxidation sites excluding steroid dienone is 1. The number of aliphatic hydroxyl groups is 1. The number of hydrogen-bond acceptors (Lipinski definition) is 7. The lowest BCUT2D eigenvalue weighted by Gasteiger charge is -2.33. The molecule has 2 amide bonds. The third-order valence-corrected chi connectivity index (χ3v) is 5.05. The quantitative estimate of drug-likeness (QED) is 0.613. The van der Waals surface area contributed by atoms with Crippen LogP contribution in [0.2, 0.25) is 0 Å². The summed E-state index contributed by atoms with van der Waals surface area (Å²) >= 11 is 0. The molecule has 0 spiro atoms. The highest BCUT2D eigenvalue weighted by molar-refractivity contribution is 6.02. The standard InChI is InChI=1S/C21H31NO7/c1-13(2)18-21(4,5)29-20(26)22(18)19(25)14(3)17-16(24)9-8-15(28-17)7-6-11-27-12-10-23/h7-9,13-14,17-18,23H,6,10-12H2,1-5H3/t14-,17+,18-/m1/s1. The number of ether oxygens (including phenoxy) is 3. The summed E-state index contributed by atoms with van der Waals surface area (Å²) in [5.74, 6) is -1.22. The van der Waals surface area contributed by atoms with Crippen LogP contribution in [-0.2, 0) is 23.8 Å². The van der Waals surface area contributed by atoms with Crippen LogP contribution < -0.4 is 0 Å². The Hall–Kier alpha value is -2.19. The van der Waals surface area contributed by atoms with Crippen LogP contribution in [0.15, 0.2) is 24.0 Å². The molecule has 0 aromatic rings. The molecule has 1 saturated heterocycles. The van der Waals surface area contributed by atoms with E-state index in [2.05, 4.69) is 0 Å². The maximum atomic E-state index is 13.1. The number of nitrogens with zero attached hydrogens (tertiary/aromatic N) is 1. The van der Waals surface area contributed by atoms with Crippen molar-refractivity contribution in [1.82, 2.24) is 4.90 Å². The molecule has 0 saturated carbocycles. The maximum Gasteiger partial charge on any atom is 0.417 e. The van der Waals surface area contributed by atoms with Gasteiger partial charge in [0.25, 0.3) is 0 Å². The molecule has 8 heteroatoms. The molecule has 8 nitrogen and oxygen atoms in total. The van der Waals surface area contributed by atoms with Gasteiger partial charge in [-0.15, -0.1) is 0 Å². The SMILES string of the molecule is CC(C)[C@H]1N(C(=O)[C@H](C)[C@@H]2OC(=CCCOCCO)C=CC2=O)C(=O)OC1(C)C. The number of carbonyl (C=O) groups is 3. The fourth-order valence-corrected chi connectivity index (χ4v) is 3.85. The van der Waals surface area contributed by atoms with Crippen LogP contribution in [0.1, 0.15) is 41.0 Å². The van der Waals surface area contributed by atoms with E-state index < -0.39 is 35.7 Å². The summed E-state index contributed by atoms with van der Waals surface area (Å²) in [6.45, 7) is 9.59. The molecule has 0 bridgehead atoms. The maximum absolute atomic E-state index is 13.1. The minimum atomic E-state index is -1.01. The molecule has 162 valence electrons. The fraction of sp³-hybridized carbons (Fsp3) is 0.667. The molecule has 2 aliphatic rings.